The second-order valence-corrected chi connectivity index (χ2v) is 6.35. The number of anilines is 1. The number of rotatable bonds is 4. The zero-order valence-electron chi connectivity index (χ0n) is 11.3. The van der Waals surface area contributed by atoms with Gasteiger partial charge in [-0.3, -0.25) is 0 Å². The number of aromatic nitrogens is 3. The summed E-state index contributed by atoms with van der Waals surface area (Å²) in [5.41, 5.74) is 6.90. The van der Waals surface area contributed by atoms with Crippen LogP contribution in [0.1, 0.15) is 37.9 Å². The predicted molar refractivity (Wildman–Crippen MR) is 80.1 cm³/mol. The van der Waals surface area contributed by atoms with E-state index in [0.29, 0.717) is 17.3 Å². The molecule has 106 valence electrons. The molecule has 1 saturated carbocycles. The van der Waals surface area contributed by atoms with Gasteiger partial charge in [0, 0.05) is 5.25 Å². The minimum absolute atomic E-state index is 0.462. The maximum absolute atomic E-state index is 5.61. The zero-order chi connectivity index (χ0) is 13.8. The molecule has 1 aliphatic carbocycles. The minimum atomic E-state index is 0.462. The molecule has 1 fully saturated rings. The number of pyridine rings is 1. The van der Waals surface area contributed by atoms with Crippen LogP contribution < -0.4 is 5.73 Å². The van der Waals surface area contributed by atoms with Crippen LogP contribution in [-0.4, -0.2) is 20.4 Å². The highest BCUT2D eigenvalue weighted by molar-refractivity contribution is 7.99. The van der Waals surface area contributed by atoms with Crippen molar-refractivity contribution in [3.63, 3.8) is 0 Å². The lowest BCUT2D eigenvalue weighted by atomic mass is 10.0. The molecule has 1 aliphatic rings. The van der Waals surface area contributed by atoms with Crippen LogP contribution in [-0.2, 0) is 5.75 Å². The van der Waals surface area contributed by atoms with Crippen LogP contribution in [0.3, 0.4) is 0 Å². The standard InChI is InChI=1S/C14H18N4OS/c15-10-6-7-12(16-8-10)14-17-13(18-19-14)9-20-11-4-2-1-3-5-11/h6-8,11H,1-5,9,15H2. The van der Waals surface area contributed by atoms with Crippen LogP contribution in [0.25, 0.3) is 11.6 Å². The molecule has 6 heteroatoms. The largest absolute Gasteiger partial charge is 0.397 e. The molecule has 0 bridgehead atoms. The predicted octanol–water partition coefficient (Wildman–Crippen LogP) is 3.28. The summed E-state index contributed by atoms with van der Waals surface area (Å²) in [6.45, 7) is 0. The first-order valence-corrected chi connectivity index (χ1v) is 8.02. The normalized spacial score (nSPS) is 16.4. The summed E-state index contributed by atoms with van der Waals surface area (Å²) in [7, 11) is 0. The molecule has 0 aliphatic heterocycles. The van der Waals surface area contributed by atoms with E-state index in [0.717, 1.165) is 16.8 Å². The maximum Gasteiger partial charge on any atom is 0.276 e. The Morgan fingerprint density at radius 1 is 1.25 bits per heavy atom. The van der Waals surface area contributed by atoms with E-state index in [9.17, 15) is 0 Å². The van der Waals surface area contributed by atoms with Crippen molar-refractivity contribution in [2.75, 3.05) is 5.73 Å². The summed E-state index contributed by atoms with van der Waals surface area (Å²) < 4.78 is 5.25. The van der Waals surface area contributed by atoms with E-state index in [1.807, 2.05) is 11.8 Å². The quantitative estimate of drug-likeness (QED) is 0.931. The molecule has 0 saturated heterocycles. The summed E-state index contributed by atoms with van der Waals surface area (Å²) in [4.78, 5) is 8.58. The maximum atomic E-state index is 5.61. The molecule has 2 N–H and O–H groups in total. The van der Waals surface area contributed by atoms with Gasteiger partial charge in [-0.25, -0.2) is 4.98 Å². The Bertz CT molecular complexity index is 549. The second-order valence-electron chi connectivity index (χ2n) is 5.06. The Kier molecular flexibility index (Phi) is 4.20. The van der Waals surface area contributed by atoms with Crippen molar-refractivity contribution in [3.05, 3.63) is 24.2 Å². The van der Waals surface area contributed by atoms with Crippen molar-refractivity contribution in [2.24, 2.45) is 0 Å². The van der Waals surface area contributed by atoms with Gasteiger partial charge in [-0.15, -0.1) is 0 Å². The molecule has 0 aromatic carbocycles. The molecule has 20 heavy (non-hydrogen) atoms. The van der Waals surface area contributed by atoms with Crippen molar-refractivity contribution in [1.29, 1.82) is 0 Å². The fraction of sp³-hybridized carbons (Fsp3) is 0.500. The SMILES string of the molecule is Nc1ccc(-c2nc(CSC3CCCCC3)no2)nc1. The Morgan fingerprint density at radius 3 is 2.85 bits per heavy atom. The first-order valence-electron chi connectivity index (χ1n) is 6.97. The second kappa shape index (κ2) is 6.26. The topological polar surface area (TPSA) is 77.8 Å². The molecule has 2 aromatic rings. The third kappa shape index (κ3) is 3.30. The number of thioether (sulfide) groups is 1. The van der Waals surface area contributed by atoms with E-state index < -0.39 is 0 Å². The molecule has 0 spiro atoms. The first kappa shape index (κ1) is 13.4. The highest BCUT2D eigenvalue weighted by Crippen LogP contribution is 2.30. The highest BCUT2D eigenvalue weighted by atomic mass is 32.2. The lowest BCUT2D eigenvalue weighted by Crippen LogP contribution is -2.08. The number of nitrogens with zero attached hydrogens (tertiary/aromatic N) is 3. The molecular weight excluding hydrogens is 272 g/mol. The van der Waals surface area contributed by atoms with Gasteiger partial charge in [0.25, 0.3) is 5.89 Å². The lowest BCUT2D eigenvalue weighted by molar-refractivity contribution is 0.424. The Morgan fingerprint density at radius 2 is 2.10 bits per heavy atom. The van der Waals surface area contributed by atoms with Crippen LogP contribution in [0.15, 0.2) is 22.9 Å². The van der Waals surface area contributed by atoms with E-state index in [4.69, 9.17) is 10.3 Å². The van der Waals surface area contributed by atoms with Crippen molar-refractivity contribution in [2.45, 2.75) is 43.1 Å². The number of nitrogens with two attached hydrogens (primary N) is 1. The van der Waals surface area contributed by atoms with Crippen molar-refractivity contribution >= 4 is 17.4 Å². The molecule has 5 nitrogen and oxygen atoms in total. The van der Waals surface area contributed by atoms with Gasteiger partial charge in [0.05, 0.1) is 17.6 Å². The van der Waals surface area contributed by atoms with Gasteiger partial charge < -0.3 is 10.3 Å². The molecule has 0 atom stereocenters. The van der Waals surface area contributed by atoms with E-state index in [1.54, 1.807) is 18.3 Å². The fourth-order valence-electron chi connectivity index (χ4n) is 2.37. The average Bonchev–Trinajstić information content (AvgIpc) is 2.96. The lowest BCUT2D eigenvalue weighted by Gasteiger charge is -2.19. The highest BCUT2D eigenvalue weighted by Gasteiger charge is 2.16. The molecule has 3 rings (SSSR count). The summed E-state index contributed by atoms with van der Waals surface area (Å²) in [5.74, 6) is 2.02. The number of nitrogen functional groups attached to an aromatic ring is 1. The zero-order valence-corrected chi connectivity index (χ0v) is 12.1. The van der Waals surface area contributed by atoms with Crippen molar-refractivity contribution in [1.82, 2.24) is 15.1 Å². The molecule has 0 unspecified atom stereocenters. The molecule has 2 heterocycles. The van der Waals surface area contributed by atoms with E-state index in [1.165, 1.54) is 32.1 Å². The third-order valence-corrected chi connectivity index (χ3v) is 4.84. The smallest absolute Gasteiger partial charge is 0.276 e. The van der Waals surface area contributed by atoms with Crippen molar-refractivity contribution in [3.8, 4) is 11.6 Å². The van der Waals surface area contributed by atoms with E-state index in [2.05, 4.69) is 15.1 Å². The average molecular weight is 290 g/mol. The fourth-order valence-corrected chi connectivity index (χ4v) is 3.54. The number of hydrogen-bond acceptors (Lipinski definition) is 6. The Balaban J connectivity index is 1.60. The van der Waals surface area contributed by atoms with Gasteiger partial charge in [0.2, 0.25) is 0 Å². The summed E-state index contributed by atoms with van der Waals surface area (Å²) in [5, 5.41) is 4.77. The van der Waals surface area contributed by atoms with Gasteiger partial charge in [0.15, 0.2) is 5.82 Å². The summed E-state index contributed by atoms with van der Waals surface area (Å²) >= 11 is 1.94. The van der Waals surface area contributed by atoms with Gasteiger partial charge in [-0.05, 0) is 25.0 Å². The molecular formula is C14H18N4OS. The summed E-state index contributed by atoms with van der Waals surface area (Å²) in [6.07, 6.45) is 8.31. The Labute approximate surface area is 122 Å². The molecule has 2 aromatic heterocycles. The van der Waals surface area contributed by atoms with Crippen molar-refractivity contribution < 1.29 is 4.52 Å². The summed E-state index contributed by atoms with van der Waals surface area (Å²) in [6, 6.07) is 3.57. The van der Waals surface area contributed by atoms with Crippen LogP contribution >= 0.6 is 11.8 Å². The molecule has 0 radical (unpaired) electrons. The van der Waals surface area contributed by atoms with E-state index >= 15 is 0 Å². The third-order valence-electron chi connectivity index (χ3n) is 3.47. The van der Waals surface area contributed by atoms with Crippen LogP contribution in [0.2, 0.25) is 0 Å². The van der Waals surface area contributed by atoms with Crippen LogP contribution in [0.4, 0.5) is 5.69 Å². The van der Waals surface area contributed by atoms with Gasteiger partial charge in [-0.2, -0.15) is 16.7 Å². The van der Waals surface area contributed by atoms with Gasteiger partial charge >= 0.3 is 0 Å². The monoisotopic (exact) mass is 290 g/mol. The molecule has 0 amide bonds. The first-order chi connectivity index (χ1) is 9.81. The number of hydrogen-bond donors (Lipinski definition) is 1. The van der Waals surface area contributed by atoms with Crippen LogP contribution in [0.5, 0.6) is 0 Å². The minimum Gasteiger partial charge on any atom is -0.397 e. The van der Waals surface area contributed by atoms with Gasteiger partial charge in [0.1, 0.15) is 5.69 Å². The Hall–Kier alpha value is -1.56. The van der Waals surface area contributed by atoms with Crippen LogP contribution in [0, 0.1) is 0 Å². The van der Waals surface area contributed by atoms with E-state index in [-0.39, 0.29) is 0 Å². The van der Waals surface area contributed by atoms with Gasteiger partial charge in [-0.1, -0.05) is 24.4 Å².